The molecule has 1 aliphatic rings. The Hall–Kier alpha value is -0.0551. The Kier molecular flexibility index (Phi) is 4.42. The van der Waals surface area contributed by atoms with E-state index in [1.165, 1.54) is 6.42 Å². The third-order valence-corrected chi connectivity index (χ3v) is 3.26. The fraction of sp³-hybridized carbons (Fsp3) is 1.00. The predicted molar refractivity (Wildman–Crippen MR) is 56.4 cm³/mol. The summed E-state index contributed by atoms with van der Waals surface area (Å²) in [5.74, 6) is 1.65. The summed E-state index contributed by atoms with van der Waals surface area (Å²) in [7, 11) is -1.62. The molecule has 0 radical (unpaired) electrons. The Bertz CT molecular complexity index is 171. The van der Waals surface area contributed by atoms with E-state index < -0.39 is 7.32 Å². The van der Waals surface area contributed by atoms with E-state index in [9.17, 15) is 0 Å². The molecule has 0 heterocycles. The van der Waals surface area contributed by atoms with E-state index >= 15 is 0 Å². The summed E-state index contributed by atoms with van der Waals surface area (Å²) in [5, 5.41) is 17.6. The molecule has 3 atom stereocenters. The molecule has 1 aliphatic carbocycles. The third kappa shape index (κ3) is 3.26. The molecule has 0 spiro atoms. The smallest absolute Gasteiger partial charge is 0.402 e. The molecule has 0 aromatic heterocycles. The lowest BCUT2D eigenvalue weighted by Crippen LogP contribution is -2.38. The first-order valence-electron chi connectivity index (χ1n) is 5.52. The maximum Gasteiger partial charge on any atom is 0.634 e. The van der Waals surface area contributed by atoms with Crippen LogP contribution in [0.2, 0.25) is 0 Å². The van der Waals surface area contributed by atoms with Gasteiger partial charge in [-0.05, 0) is 30.6 Å². The van der Waals surface area contributed by atoms with Gasteiger partial charge in [0.1, 0.15) is 0 Å². The van der Waals surface area contributed by atoms with Crippen molar-refractivity contribution in [3.05, 3.63) is 0 Å². The number of rotatable bonds is 3. The Morgan fingerprint density at radius 1 is 1.29 bits per heavy atom. The number of hydrogen-bond acceptors (Lipinski definition) is 3. The second kappa shape index (κ2) is 5.15. The lowest BCUT2D eigenvalue weighted by atomic mass is 9.75. The predicted octanol–water partition coefficient (Wildman–Crippen LogP) is 1.43. The van der Waals surface area contributed by atoms with Crippen molar-refractivity contribution in [2.75, 3.05) is 0 Å². The topological polar surface area (TPSA) is 49.7 Å². The van der Waals surface area contributed by atoms with Gasteiger partial charge in [0.25, 0.3) is 0 Å². The zero-order valence-corrected chi connectivity index (χ0v) is 9.31. The van der Waals surface area contributed by atoms with Gasteiger partial charge in [0, 0.05) is 6.10 Å². The molecule has 1 fully saturated rings. The van der Waals surface area contributed by atoms with E-state index in [1.54, 1.807) is 0 Å². The zero-order valence-electron chi connectivity index (χ0n) is 9.31. The molecule has 0 amide bonds. The molecule has 3 nitrogen and oxygen atoms in total. The van der Waals surface area contributed by atoms with Crippen LogP contribution in [0.4, 0.5) is 0 Å². The summed E-state index contributed by atoms with van der Waals surface area (Å²) in [4.78, 5) is 0. The highest BCUT2D eigenvalue weighted by molar-refractivity contribution is 6.32. The number of hydrogen-bond donors (Lipinski definition) is 2. The monoisotopic (exact) mass is 200 g/mol. The summed E-state index contributed by atoms with van der Waals surface area (Å²) in [6, 6.07) is 0. The standard InChI is InChI=1S/C10H21BO3/c1-7(2)9-5-4-8(3)6-10(9)14-11(12)13/h7-10,12-13H,4-6H2,1-3H3/t8-,9+,10-/m1/s1. The van der Waals surface area contributed by atoms with Gasteiger partial charge in [-0.3, -0.25) is 0 Å². The largest absolute Gasteiger partial charge is 0.634 e. The molecule has 0 bridgehead atoms. The van der Waals surface area contributed by atoms with Gasteiger partial charge < -0.3 is 14.7 Å². The molecule has 82 valence electrons. The first kappa shape index (κ1) is 12.0. The van der Waals surface area contributed by atoms with Gasteiger partial charge in [-0.25, -0.2) is 0 Å². The fourth-order valence-electron chi connectivity index (χ4n) is 2.43. The van der Waals surface area contributed by atoms with Crippen LogP contribution in [0.15, 0.2) is 0 Å². The third-order valence-electron chi connectivity index (χ3n) is 3.26. The van der Waals surface area contributed by atoms with Crippen LogP contribution in [0.5, 0.6) is 0 Å². The minimum Gasteiger partial charge on any atom is -0.402 e. The van der Waals surface area contributed by atoms with Crippen molar-refractivity contribution in [3.8, 4) is 0 Å². The first-order chi connectivity index (χ1) is 6.50. The summed E-state index contributed by atoms with van der Waals surface area (Å²) in [5.41, 5.74) is 0. The minimum atomic E-state index is -1.62. The van der Waals surface area contributed by atoms with Crippen LogP contribution in [0, 0.1) is 17.8 Å². The highest BCUT2D eigenvalue weighted by Crippen LogP contribution is 2.35. The highest BCUT2D eigenvalue weighted by Gasteiger charge is 2.33. The van der Waals surface area contributed by atoms with E-state index in [1.807, 2.05) is 0 Å². The summed E-state index contributed by atoms with van der Waals surface area (Å²) >= 11 is 0. The molecule has 1 rings (SSSR count). The van der Waals surface area contributed by atoms with Crippen molar-refractivity contribution < 1.29 is 14.7 Å². The molecule has 0 unspecified atom stereocenters. The van der Waals surface area contributed by atoms with Crippen molar-refractivity contribution in [2.24, 2.45) is 17.8 Å². The van der Waals surface area contributed by atoms with Crippen molar-refractivity contribution in [2.45, 2.75) is 46.1 Å². The van der Waals surface area contributed by atoms with Crippen LogP contribution in [0.1, 0.15) is 40.0 Å². The van der Waals surface area contributed by atoms with Crippen molar-refractivity contribution in [1.82, 2.24) is 0 Å². The SMILES string of the molecule is CC(C)[C@@H]1CC[C@@H](C)C[C@H]1OB(O)O. The average molecular weight is 200 g/mol. The van der Waals surface area contributed by atoms with Crippen molar-refractivity contribution in [3.63, 3.8) is 0 Å². The summed E-state index contributed by atoms with van der Waals surface area (Å²) in [6.07, 6.45) is 3.32. The van der Waals surface area contributed by atoms with Crippen molar-refractivity contribution in [1.29, 1.82) is 0 Å². The fourth-order valence-corrected chi connectivity index (χ4v) is 2.43. The van der Waals surface area contributed by atoms with Crippen molar-refractivity contribution >= 4 is 7.32 Å². The van der Waals surface area contributed by atoms with Crippen LogP contribution in [-0.4, -0.2) is 23.5 Å². The van der Waals surface area contributed by atoms with Gasteiger partial charge in [-0.15, -0.1) is 0 Å². The highest BCUT2D eigenvalue weighted by atomic mass is 16.6. The maximum atomic E-state index is 8.82. The van der Waals surface area contributed by atoms with E-state index in [4.69, 9.17) is 14.7 Å². The van der Waals surface area contributed by atoms with Crippen LogP contribution in [-0.2, 0) is 4.65 Å². The Balaban J connectivity index is 2.54. The molecule has 4 heteroatoms. The van der Waals surface area contributed by atoms with Gasteiger partial charge in [-0.2, -0.15) is 0 Å². The van der Waals surface area contributed by atoms with E-state index in [0.29, 0.717) is 17.8 Å². The van der Waals surface area contributed by atoms with Gasteiger partial charge >= 0.3 is 7.32 Å². The molecule has 2 N–H and O–H groups in total. The van der Waals surface area contributed by atoms with Crippen LogP contribution in [0.25, 0.3) is 0 Å². The lowest BCUT2D eigenvalue weighted by Gasteiger charge is -2.37. The molecule has 14 heavy (non-hydrogen) atoms. The quantitative estimate of drug-likeness (QED) is 0.677. The molecule has 0 saturated heterocycles. The molecular weight excluding hydrogens is 179 g/mol. The second-order valence-corrected chi connectivity index (χ2v) is 4.83. The van der Waals surface area contributed by atoms with Gasteiger partial charge in [-0.1, -0.05) is 27.2 Å². The molecule has 0 aliphatic heterocycles. The van der Waals surface area contributed by atoms with Crippen LogP contribution in [0.3, 0.4) is 0 Å². The Morgan fingerprint density at radius 3 is 2.43 bits per heavy atom. The molecular formula is C10H21BO3. The van der Waals surface area contributed by atoms with Gasteiger partial charge in [0.2, 0.25) is 0 Å². The zero-order chi connectivity index (χ0) is 10.7. The van der Waals surface area contributed by atoms with Gasteiger partial charge in [0.15, 0.2) is 0 Å². The molecule has 0 aromatic carbocycles. The van der Waals surface area contributed by atoms with E-state index in [2.05, 4.69) is 20.8 Å². The van der Waals surface area contributed by atoms with E-state index in [-0.39, 0.29) is 6.10 Å². The first-order valence-corrected chi connectivity index (χ1v) is 5.52. The average Bonchev–Trinajstić information content (AvgIpc) is 2.01. The second-order valence-electron chi connectivity index (χ2n) is 4.83. The lowest BCUT2D eigenvalue weighted by molar-refractivity contribution is 0.0121. The Morgan fingerprint density at radius 2 is 1.93 bits per heavy atom. The summed E-state index contributed by atoms with van der Waals surface area (Å²) < 4.78 is 5.15. The minimum absolute atomic E-state index is 0.0127. The summed E-state index contributed by atoms with van der Waals surface area (Å²) in [6.45, 7) is 6.53. The maximum absolute atomic E-state index is 8.82. The molecule has 0 aromatic rings. The normalized spacial score (nSPS) is 33.4. The van der Waals surface area contributed by atoms with Crippen LogP contribution < -0.4 is 0 Å². The van der Waals surface area contributed by atoms with Crippen LogP contribution >= 0.6 is 0 Å². The Labute approximate surface area is 86.6 Å². The van der Waals surface area contributed by atoms with Gasteiger partial charge in [0.05, 0.1) is 0 Å². The van der Waals surface area contributed by atoms with E-state index in [0.717, 1.165) is 12.8 Å². The molecule has 1 saturated carbocycles.